The first-order chi connectivity index (χ1) is 17.0. The third-order valence-electron chi connectivity index (χ3n) is 5.15. The molecule has 3 rings (SSSR count). The van der Waals surface area contributed by atoms with Crippen LogP contribution in [0.15, 0.2) is 52.2 Å². The molecule has 37 heavy (non-hydrogen) atoms. The van der Waals surface area contributed by atoms with Gasteiger partial charge < -0.3 is 4.74 Å². The Hall–Kier alpha value is -3.98. The van der Waals surface area contributed by atoms with Crippen LogP contribution in [0.3, 0.4) is 0 Å². The maximum absolute atomic E-state index is 13.8. The molecule has 0 amide bonds. The van der Waals surface area contributed by atoms with Gasteiger partial charge in [0.1, 0.15) is 5.75 Å². The summed E-state index contributed by atoms with van der Waals surface area (Å²) in [6.07, 6.45) is -2.71. The van der Waals surface area contributed by atoms with E-state index in [4.69, 9.17) is 4.74 Å². The maximum Gasteiger partial charge on any atom is 0.417 e. The molecule has 0 aliphatic carbocycles. The molecule has 0 atom stereocenters. The molecule has 0 fully saturated rings. The van der Waals surface area contributed by atoms with Gasteiger partial charge in [-0.15, -0.1) is 0 Å². The van der Waals surface area contributed by atoms with Gasteiger partial charge in [0.25, 0.3) is 5.56 Å². The molecule has 0 spiro atoms. The lowest BCUT2D eigenvalue weighted by Crippen LogP contribution is -2.28. The first kappa shape index (κ1) is 27.6. The monoisotopic (exact) mass is 535 g/mol. The third-order valence-corrected chi connectivity index (χ3v) is 5.75. The van der Waals surface area contributed by atoms with E-state index in [9.17, 15) is 31.2 Å². The Morgan fingerprint density at radius 2 is 1.62 bits per heavy atom. The summed E-state index contributed by atoms with van der Waals surface area (Å²) in [4.78, 5) is 26.1. The second kappa shape index (κ2) is 9.82. The van der Waals surface area contributed by atoms with Crippen LogP contribution in [-0.2, 0) is 21.6 Å². The van der Waals surface area contributed by atoms with Gasteiger partial charge in [0, 0.05) is 29.1 Å². The van der Waals surface area contributed by atoms with Crippen molar-refractivity contribution in [3.8, 4) is 23.3 Å². The first-order valence-electron chi connectivity index (χ1n) is 10.8. The van der Waals surface area contributed by atoms with Crippen molar-refractivity contribution in [2.75, 3.05) is 18.1 Å². The highest BCUT2D eigenvalue weighted by Gasteiger charge is 2.33. The summed E-state index contributed by atoms with van der Waals surface area (Å²) in [6, 6.07) is 7.21. The Bertz CT molecular complexity index is 1640. The van der Waals surface area contributed by atoms with Crippen molar-refractivity contribution in [1.29, 1.82) is 0 Å². The van der Waals surface area contributed by atoms with Crippen molar-refractivity contribution < 1.29 is 26.3 Å². The lowest BCUT2D eigenvalue weighted by molar-refractivity contribution is -0.137. The third kappa shape index (κ3) is 6.62. The maximum atomic E-state index is 13.8. The molecule has 1 heterocycles. The Kier molecular flexibility index (Phi) is 7.32. The Balaban J connectivity index is 2.27. The molecule has 0 aliphatic heterocycles. The number of anilines is 1. The lowest BCUT2D eigenvalue weighted by Gasteiger charge is -2.24. The second-order valence-corrected chi connectivity index (χ2v) is 10.9. The quantitative estimate of drug-likeness (QED) is 0.496. The Morgan fingerprint density at radius 3 is 2.16 bits per heavy atom. The van der Waals surface area contributed by atoms with Crippen LogP contribution in [0.4, 0.5) is 18.9 Å². The largest absolute Gasteiger partial charge is 0.495 e. The zero-order chi connectivity index (χ0) is 27.8. The van der Waals surface area contributed by atoms with Crippen LogP contribution in [0, 0.1) is 11.8 Å². The second-order valence-electron chi connectivity index (χ2n) is 9.19. The highest BCUT2D eigenvalue weighted by molar-refractivity contribution is 7.92. The summed E-state index contributed by atoms with van der Waals surface area (Å²) in [5.74, 6) is 5.53. The first-order valence-corrected chi connectivity index (χ1v) is 12.6. The van der Waals surface area contributed by atoms with Crippen LogP contribution in [0.1, 0.15) is 43.0 Å². The fourth-order valence-electron chi connectivity index (χ4n) is 3.54. The number of hydrogen-bond donors (Lipinski definition) is 2. The van der Waals surface area contributed by atoms with E-state index in [1.54, 1.807) is 6.07 Å². The van der Waals surface area contributed by atoms with Crippen molar-refractivity contribution in [2.45, 2.75) is 32.4 Å². The minimum absolute atomic E-state index is 0.203. The zero-order valence-electron chi connectivity index (χ0n) is 20.6. The number of halogens is 3. The summed E-state index contributed by atoms with van der Waals surface area (Å²) in [5, 5.41) is 0. The number of ether oxygens (including phenoxy) is 1. The highest BCUT2D eigenvalue weighted by atomic mass is 32.2. The minimum Gasteiger partial charge on any atom is -0.495 e. The van der Waals surface area contributed by atoms with Crippen molar-refractivity contribution in [3.05, 3.63) is 85.7 Å². The summed E-state index contributed by atoms with van der Waals surface area (Å²) >= 11 is 0. The molecule has 12 heteroatoms. The number of hydrogen-bond acceptors (Lipinski definition) is 5. The number of aromatic nitrogens is 2. The standard InChI is InChI=1S/C25H24F3N3O5S/c1-24(2,3)20-14-18(31-11-10-21(32)29-23(31)33)12-16(22(20)36-4)7-6-15-8-9-17(30-37(5,34)35)13-19(15)25(26,27)28/h8-14,30H,1-5H3,(H,29,32,33). The van der Waals surface area contributed by atoms with E-state index in [0.717, 1.165) is 18.4 Å². The van der Waals surface area contributed by atoms with Crippen molar-refractivity contribution >= 4 is 15.7 Å². The van der Waals surface area contributed by atoms with E-state index in [2.05, 4.69) is 16.8 Å². The van der Waals surface area contributed by atoms with Gasteiger partial charge >= 0.3 is 11.9 Å². The van der Waals surface area contributed by atoms with Gasteiger partial charge in [0.2, 0.25) is 10.0 Å². The predicted molar refractivity (Wildman–Crippen MR) is 134 cm³/mol. The van der Waals surface area contributed by atoms with E-state index in [-0.39, 0.29) is 11.3 Å². The normalized spacial score (nSPS) is 12.0. The number of sulfonamides is 1. The molecular weight excluding hydrogens is 511 g/mol. The van der Waals surface area contributed by atoms with Crippen molar-refractivity contribution in [3.63, 3.8) is 0 Å². The number of rotatable bonds is 4. The van der Waals surface area contributed by atoms with Crippen LogP contribution < -0.4 is 20.7 Å². The van der Waals surface area contributed by atoms with Gasteiger partial charge in [-0.25, -0.2) is 13.2 Å². The summed E-state index contributed by atoms with van der Waals surface area (Å²) in [6.45, 7) is 5.66. The number of nitrogens with one attached hydrogen (secondary N) is 2. The van der Waals surface area contributed by atoms with E-state index < -0.39 is 44.0 Å². The number of aromatic amines is 1. The SMILES string of the molecule is COc1c(C#Cc2ccc(NS(C)(=O)=O)cc2C(F)(F)F)cc(-n2ccc(=O)[nH]c2=O)cc1C(C)(C)C. The molecule has 1 aromatic heterocycles. The smallest absolute Gasteiger partial charge is 0.417 e. The van der Waals surface area contributed by atoms with Gasteiger partial charge in [-0.2, -0.15) is 13.2 Å². The number of methoxy groups -OCH3 is 1. The van der Waals surface area contributed by atoms with Crippen LogP contribution in [0.5, 0.6) is 5.75 Å². The van der Waals surface area contributed by atoms with Crippen molar-refractivity contribution in [1.82, 2.24) is 9.55 Å². The molecule has 0 saturated carbocycles. The number of benzene rings is 2. The van der Waals surface area contributed by atoms with E-state index in [1.165, 1.54) is 30.0 Å². The zero-order valence-corrected chi connectivity index (χ0v) is 21.4. The molecule has 0 aliphatic rings. The predicted octanol–water partition coefficient (Wildman–Crippen LogP) is 3.62. The Morgan fingerprint density at radius 1 is 0.973 bits per heavy atom. The van der Waals surface area contributed by atoms with Gasteiger partial charge in [-0.1, -0.05) is 32.6 Å². The van der Waals surface area contributed by atoms with E-state index in [0.29, 0.717) is 23.1 Å². The topological polar surface area (TPSA) is 110 Å². The summed E-state index contributed by atoms with van der Waals surface area (Å²) in [5.41, 5.74) is -2.43. The van der Waals surface area contributed by atoms with Crippen molar-refractivity contribution in [2.24, 2.45) is 0 Å². The number of nitrogens with zero attached hydrogens (tertiary/aromatic N) is 1. The van der Waals surface area contributed by atoms with Gasteiger partial charge in [0.05, 0.1) is 30.2 Å². The summed E-state index contributed by atoms with van der Waals surface area (Å²) in [7, 11) is -2.40. The average Bonchev–Trinajstić information content (AvgIpc) is 2.75. The molecule has 0 bridgehead atoms. The van der Waals surface area contributed by atoms with E-state index in [1.807, 2.05) is 25.5 Å². The molecule has 196 valence electrons. The van der Waals surface area contributed by atoms with Crippen LogP contribution in [0.2, 0.25) is 0 Å². The molecular formula is C25H24F3N3O5S. The molecule has 2 N–H and O–H groups in total. The number of alkyl halides is 3. The van der Waals surface area contributed by atoms with Crippen LogP contribution in [0.25, 0.3) is 5.69 Å². The molecule has 0 saturated heterocycles. The highest BCUT2D eigenvalue weighted by Crippen LogP contribution is 2.37. The van der Waals surface area contributed by atoms with E-state index >= 15 is 0 Å². The molecule has 0 unspecified atom stereocenters. The van der Waals surface area contributed by atoms with Gasteiger partial charge in [0.15, 0.2) is 0 Å². The van der Waals surface area contributed by atoms with Gasteiger partial charge in [-0.05, 0) is 35.7 Å². The minimum atomic E-state index is -4.81. The Labute approximate surface area is 211 Å². The average molecular weight is 536 g/mol. The fraction of sp³-hybridized carbons (Fsp3) is 0.280. The molecule has 3 aromatic rings. The molecule has 0 radical (unpaired) electrons. The fourth-order valence-corrected chi connectivity index (χ4v) is 4.10. The number of H-pyrrole nitrogens is 1. The van der Waals surface area contributed by atoms with Crippen LogP contribution in [-0.4, -0.2) is 31.3 Å². The van der Waals surface area contributed by atoms with Crippen LogP contribution >= 0.6 is 0 Å². The molecule has 8 nitrogen and oxygen atoms in total. The van der Waals surface area contributed by atoms with Gasteiger partial charge in [-0.3, -0.25) is 19.1 Å². The lowest BCUT2D eigenvalue weighted by atomic mass is 9.84. The summed E-state index contributed by atoms with van der Waals surface area (Å²) < 4.78 is 73.0. The molecule has 2 aromatic carbocycles.